The quantitative estimate of drug-likeness (QED) is 0.713. The largest absolute Gasteiger partial charge is 0.494 e. The third kappa shape index (κ3) is 3.78. The van der Waals surface area contributed by atoms with Crippen LogP contribution in [-0.4, -0.2) is 52.1 Å². The monoisotopic (exact) mass is 448 g/mol. The molecule has 0 radical (unpaired) electrons. The Morgan fingerprint density at radius 2 is 1.83 bits per heavy atom. The minimum atomic E-state index is -4.00. The first-order chi connectivity index (χ1) is 14.4. The molecular weight excluding hydrogens is 428 g/mol. The van der Waals surface area contributed by atoms with E-state index in [1.165, 1.54) is 23.2 Å². The van der Waals surface area contributed by atoms with Gasteiger partial charge in [0.1, 0.15) is 5.75 Å². The topological polar surface area (TPSA) is 76.2 Å². The number of carbonyl (C=O) groups excluding carboxylic acids is 1. The summed E-state index contributed by atoms with van der Waals surface area (Å²) < 4.78 is 37.3. The summed E-state index contributed by atoms with van der Waals surface area (Å²) in [4.78, 5) is 16.1. The number of carbonyl (C=O) groups is 1. The van der Waals surface area contributed by atoms with Crippen molar-refractivity contribution in [1.29, 1.82) is 0 Å². The number of sulfone groups is 1. The lowest BCUT2D eigenvalue weighted by molar-refractivity contribution is -0.130. The van der Waals surface area contributed by atoms with Crippen LogP contribution in [-0.2, 0) is 19.4 Å². The zero-order valence-electron chi connectivity index (χ0n) is 16.4. The number of benzene rings is 2. The van der Waals surface area contributed by atoms with E-state index in [2.05, 4.69) is 0 Å². The molecule has 4 rings (SSSR count). The highest BCUT2D eigenvalue weighted by Gasteiger charge is 2.38. The molecule has 1 saturated heterocycles. The van der Waals surface area contributed by atoms with E-state index in [-0.39, 0.29) is 9.80 Å². The maximum absolute atomic E-state index is 13.3. The second-order valence-electron chi connectivity index (χ2n) is 6.81. The lowest BCUT2D eigenvalue weighted by atomic mass is 10.2. The highest BCUT2D eigenvalue weighted by atomic mass is 35.5. The standard InChI is InChI=1S/C21H21ClN2O5S/c1-2-29-17-6-4-16(5-7-17)24-14-20(21(25)23-9-11-28-12-10-23)30(26,27)19-8-3-15(22)13-18(19)24/h3-8,13-14H,2,9-12H2,1H3. The number of halogens is 1. The van der Waals surface area contributed by atoms with Gasteiger partial charge < -0.3 is 19.3 Å². The van der Waals surface area contributed by atoms with Gasteiger partial charge in [-0.2, -0.15) is 0 Å². The molecule has 0 aromatic heterocycles. The van der Waals surface area contributed by atoms with Crippen LogP contribution in [0.4, 0.5) is 11.4 Å². The summed E-state index contributed by atoms with van der Waals surface area (Å²) in [6.07, 6.45) is 1.38. The summed E-state index contributed by atoms with van der Waals surface area (Å²) in [6.45, 7) is 3.90. The molecule has 0 N–H and O–H groups in total. The van der Waals surface area contributed by atoms with Crippen LogP contribution >= 0.6 is 11.6 Å². The van der Waals surface area contributed by atoms with Gasteiger partial charge in [0.05, 0.1) is 30.4 Å². The Hall–Kier alpha value is -2.55. The van der Waals surface area contributed by atoms with Crippen LogP contribution in [0.5, 0.6) is 5.75 Å². The van der Waals surface area contributed by atoms with Gasteiger partial charge in [0.2, 0.25) is 9.84 Å². The molecular formula is C21H21ClN2O5S. The van der Waals surface area contributed by atoms with E-state index in [0.29, 0.717) is 55.1 Å². The first-order valence-electron chi connectivity index (χ1n) is 9.57. The van der Waals surface area contributed by atoms with E-state index < -0.39 is 15.7 Å². The first kappa shape index (κ1) is 20.7. The number of ether oxygens (including phenoxy) is 2. The molecule has 2 heterocycles. The number of morpholine rings is 1. The molecule has 0 unspecified atom stereocenters. The van der Waals surface area contributed by atoms with Crippen LogP contribution in [0.25, 0.3) is 0 Å². The maximum atomic E-state index is 13.3. The Bertz CT molecular complexity index is 1090. The second kappa shape index (κ2) is 8.29. The van der Waals surface area contributed by atoms with Gasteiger partial charge in [0.15, 0.2) is 4.91 Å². The van der Waals surface area contributed by atoms with Crippen molar-refractivity contribution in [1.82, 2.24) is 4.90 Å². The number of hydrogen-bond acceptors (Lipinski definition) is 6. The minimum absolute atomic E-state index is 0.0416. The lowest BCUT2D eigenvalue weighted by Crippen LogP contribution is -2.43. The third-order valence-corrected chi connectivity index (χ3v) is 6.96. The van der Waals surface area contributed by atoms with Crippen LogP contribution in [0.15, 0.2) is 58.5 Å². The summed E-state index contributed by atoms with van der Waals surface area (Å²) >= 11 is 6.16. The highest BCUT2D eigenvalue weighted by Crippen LogP contribution is 2.41. The predicted octanol–water partition coefficient (Wildman–Crippen LogP) is 3.36. The van der Waals surface area contributed by atoms with Gasteiger partial charge in [-0.05, 0) is 49.4 Å². The number of nitrogens with zero attached hydrogens (tertiary/aromatic N) is 2. The van der Waals surface area contributed by atoms with Crippen LogP contribution in [0.2, 0.25) is 5.02 Å². The van der Waals surface area contributed by atoms with Crippen molar-refractivity contribution in [2.75, 3.05) is 37.8 Å². The summed E-state index contributed by atoms with van der Waals surface area (Å²) in [5.41, 5.74) is 1.08. The zero-order chi connectivity index (χ0) is 21.3. The van der Waals surface area contributed by atoms with Crippen molar-refractivity contribution >= 4 is 38.7 Å². The molecule has 0 aliphatic carbocycles. The third-order valence-electron chi connectivity index (χ3n) is 4.94. The zero-order valence-corrected chi connectivity index (χ0v) is 17.9. The average Bonchev–Trinajstić information content (AvgIpc) is 2.75. The Kier molecular flexibility index (Phi) is 5.73. The fourth-order valence-corrected chi connectivity index (χ4v) is 5.14. The second-order valence-corrected chi connectivity index (χ2v) is 9.13. The van der Waals surface area contributed by atoms with Gasteiger partial charge in [-0.1, -0.05) is 11.6 Å². The molecule has 9 heteroatoms. The van der Waals surface area contributed by atoms with Gasteiger partial charge in [0.25, 0.3) is 5.91 Å². The molecule has 2 aliphatic heterocycles. The number of hydrogen-bond donors (Lipinski definition) is 0. The van der Waals surface area contributed by atoms with Gasteiger partial charge in [-0.3, -0.25) is 4.79 Å². The number of fused-ring (bicyclic) bond motifs is 1. The van der Waals surface area contributed by atoms with Crippen molar-refractivity contribution in [3.05, 3.63) is 58.6 Å². The van der Waals surface area contributed by atoms with Gasteiger partial charge in [-0.15, -0.1) is 0 Å². The van der Waals surface area contributed by atoms with Gasteiger partial charge >= 0.3 is 0 Å². The number of amides is 1. The Morgan fingerprint density at radius 1 is 1.13 bits per heavy atom. The molecule has 2 aliphatic rings. The van der Waals surface area contributed by atoms with Crippen molar-refractivity contribution in [2.45, 2.75) is 11.8 Å². The molecule has 158 valence electrons. The summed E-state index contributed by atoms with van der Waals surface area (Å²) in [6, 6.07) is 11.7. The van der Waals surface area contributed by atoms with E-state index in [1.807, 2.05) is 6.92 Å². The predicted molar refractivity (Wildman–Crippen MR) is 114 cm³/mol. The van der Waals surface area contributed by atoms with Crippen molar-refractivity contribution in [2.24, 2.45) is 0 Å². The molecule has 2 aromatic carbocycles. The van der Waals surface area contributed by atoms with E-state index in [4.69, 9.17) is 21.1 Å². The van der Waals surface area contributed by atoms with Crippen molar-refractivity contribution < 1.29 is 22.7 Å². The van der Waals surface area contributed by atoms with Gasteiger partial charge in [-0.25, -0.2) is 8.42 Å². The molecule has 7 nitrogen and oxygen atoms in total. The highest BCUT2D eigenvalue weighted by molar-refractivity contribution is 7.96. The molecule has 0 spiro atoms. The Labute approximate surface area is 180 Å². The molecule has 2 aromatic rings. The number of rotatable bonds is 4. The van der Waals surface area contributed by atoms with E-state index in [9.17, 15) is 13.2 Å². The SMILES string of the molecule is CCOc1ccc(N2C=C(C(=O)N3CCOCC3)S(=O)(=O)c3ccc(Cl)cc32)cc1. The molecule has 30 heavy (non-hydrogen) atoms. The van der Waals surface area contributed by atoms with E-state index in [1.54, 1.807) is 35.2 Å². The van der Waals surface area contributed by atoms with Crippen LogP contribution < -0.4 is 9.64 Å². The fraction of sp³-hybridized carbons (Fsp3) is 0.286. The molecule has 1 amide bonds. The van der Waals surface area contributed by atoms with Crippen molar-refractivity contribution in [3.8, 4) is 5.75 Å². The van der Waals surface area contributed by atoms with E-state index in [0.717, 1.165) is 0 Å². The fourth-order valence-electron chi connectivity index (χ4n) is 3.46. The molecule has 0 saturated carbocycles. The summed E-state index contributed by atoms with van der Waals surface area (Å²) in [7, 11) is -4.00. The normalized spacial score (nSPS) is 17.9. The van der Waals surface area contributed by atoms with Crippen LogP contribution in [0, 0.1) is 0 Å². The maximum Gasteiger partial charge on any atom is 0.267 e. The molecule has 0 atom stereocenters. The molecule has 1 fully saturated rings. The van der Waals surface area contributed by atoms with Crippen LogP contribution in [0.1, 0.15) is 6.92 Å². The van der Waals surface area contributed by atoms with Gasteiger partial charge in [0, 0.05) is 30.0 Å². The Morgan fingerprint density at radius 3 is 2.50 bits per heavy atom. The minimum Gasteiger partial charge on any atom is -0.494 e. The van der Waals surface area contributed by atoms with Crippen LogP contribution in [0.3, 0.4) is 0 Å². The number of anilines is 2. The summed E-state index contributed by atoms with van der Waals surface area (Å²) in [5.74, 6) is 0.167. The smallest absolute Gasteiger partial charge is 0.267 e. The average molecular weight is 449 g/mol. The Balaban J connectivity index is 1.82. The summed E-state index contributed by atoms with van der Waals surface area (Å²) in [5, 5.41) is 0.399. The first-order valence-corrected chi connectivity index (χ1v) is 11.4. The lowest BCUT2D eigenvalue weighted by Gasteiger charge is -2.32. The van der Waals surface area contributed by atoms with Crippen molar-refractivity contribution in [3.63, 3.8) is 0 Å². The molecule has 0 bridgehead atoms. The van der Waals surface area contributed by atoms with E-state index >= 15 is 0 Å².